The van der Waals surface area contributed by atoms with Gasteiger partial charge < -0.3 is 8.60 Å². The van der Waals surface area contributed by atoms with Crippen LogP contribution in [0.1, 0.15) is 0 Å². The van der Waals surface area contributed by atoms with E-state index in [1.165, 1.54) is 0 Å². The minimum atomic E-state index is -0.292. The molecule has 0 unspecified atom stereocenters. The van der Waals surface area contributed by atoms with Crippen molar-refractivity contribution in [3.8, 4) is 0 Å². The highest BCUT2D eigenvalue weighted by molar-refractivity contribution is 6.46. The quantitative estimate of drug-likeness (QED) is 0.348. The van der Waals surface area contributed by atoms with Crippen molar-refractivity contribution >= 4 is 21.7 Å². The van der Waals surface area contributed by atoms with Gasteiger partial charge in [0, 0.05) is 0 Å². The van der Waals surface area contributed by atoms with Crippen LogP contribution in [0, 0.1) is 0 Å². The van der Waals surface area contributed by atoms with E-state index in [1.54, 1.807) is 0 Å². The zero-order valence-electron chi connectivity index (χ0n) is 2.62. The fraction of sp³-hybridized carbons (Fsp3) is 0. The normalized spacial score (nSPS) is 17.2. The maximum absolute atomic E-state index is 9.71. The van der Waals surface area contributed by atoms with Gasteiger partial charge >= 0.3 is 15.7 Å². The van der Waals surface area contributed by atoms with E-state index in [4.69, 9.17) is 0 Å². The van der Waals surface area contributed by atoms with E-state index in [0.717, 1.165) is 0 Å². The van der Waals surface area contributed by atoms with E-state index in [9.17, 15) is 4.79 Å². The first-order valence-corrected chi connectivity index (χ1v) is 2.83. The minimum absolute atomic E-state index is 0.00309. The van der Waals surface area contributed by atoms with Gasteiger partial charge in [-0.1, -0.05) is 0 Å². The highest BCUT2D eigenvalue weighted by atomic mass is 27.1. The van der Waals surface area contributed by atoms with Crippen LogP contribution in [-0.2, 0) is 0 Å². The van der Waals surface area contributed by atoms with Gasteiger partial charge in [0.15, 0.2) is 0 Å². The summed E-state index contributed by atoms with van der Waals surface area (Å²) in [5.74, 6) is 0. The third kappa shape index (κ3) is 0.367. The molecule has 0 aromatic heterocycles. The van der Waals surface area contributed by atoms with Gasteiger partial charge in [-0.3, -0.25) is 4.79 Å². The lowest BCUT2D eigenvalue weighted by Gasteiger charge is -2.11. The molecule has 1 saturated heterocycles. The Balaban J connectivity index is 2.32. The largest absolute Gasteiger partial charge is 0.550 e. The summed E-state index contributed by atoms with van der Waals surface area (Å²) in [5.41, 5.74) is 0. The molecule has 0 aromatic carbocycles. The van der Waals surface area contributed by atoms with E-state index < -0.39 is 0 Å². The molecule has 0 spiro atoms. The van der Waals surface area contributed by atoms with Gasteiger partial charge in [-0.05, 0) is 0 Å². The van der Waals surface area contributed by atoms with Gasteiger partial charge in [-0.15, -0.1) is 0 Å². The van der Waals surface area contributed by atoms with Gasteiger partial charge in [0.25, 0.3) is 6.03 Å². The van der Waals surface area contributed by atoms with Crippen molar-refractivity contribution in [3.05, 3.63) is 0 Å². The Labute approximate surface area is 35.9 Å². The first kappa shape index (κ1) is 3.01. The van der Waals surface area contributed by atoms with Crippen molar-refractivity contribution in [2.45, 2.75) is 0 Å². The molecule has 2 N–H and O–H groups in total. The van der Waals surface area contributed by atoms with Crippen LogP contribution >= 0.6 is 0 Å². The smallest absolute Gasteiger partial charge is 0.415 e. The molecule has 2 amide bonds. The number of rotatable bonds is 0. The first-order valence-electron chi connectivity index (χ1n) is 1.41. The Morgan fingerprint density at radius 2 is 2.00 bits per heavy atom. The van der Waals surface area contributed by atoms with Crippen LogP contribution in [0.15, 0.2) is 0 Å². The summed E-state index contributed by atoms with van der Waals surface area (Å²) in [6, 6.07) is -0.00309. The lowest BCUT2D eigenvalue weighted by atomic mass is 11.2. The highest BCUT2D eigenvalue weighted by Gasteiger charge is 2.11. The van der Waals surface area contributed by atoms with Crippen molar-refractivity contribution in [1.29, 1.82) is 0 Å². The third-order valence-electron chi connectivity index (χ3n) is 0.498. The van der Waals surface area contributed by atoms with Crippen LogP contribution in [0.4, 0.5) is 4.79 Å². The third-order valence-corrected chi connectivity index (χ3v) is 1.49. The molecule has 0 atom stereocenters. The Morgan fingerprint density at radius 3 is 2.00 bits per heavy atom. The molecule has 1 fully saturated rings. The molecule has 26 valence electrons. The zero-order chi connectivity index (χ0) is 3.70. The number of carbonyl (C=O) groups is 1. The molecule has 0 saturated carbocycles. The second-order valence-corrected chi connectivity index (χ2v) is 1.92. The summed E-state index contributed by atoms with van der Waals surface area (Å²) in [4.78, 5) is 9.71. The van der Waals surface area contributed by atoms with Crippen molar-refractivity contribution < 1.29 is 4.79 Å². The molecule has 1 aliphatic heterocycles. The van der Waals surface area contributed by atoms with Gasteiger partial charge in [-0.2, -0.15) is 0 Å². The highest BCUT2D eigenvalue weighted by Crippen LogP contribution is 1.64. The zero-order valence-corrected chi connectivity index (χ0v) is 4.03. The Hall–Kier alpha value is -0.198. The van der Waals surface area contributed by atoms with Crippen LogP contribution in [0.3, 0.4) is 0 Å². The maximum Gasteiger partial charge on any atom is 0.550 e. The Morgan fingerprint density at radius 1 is 1.60 bits per heavy atom. The molecule has 0 radical (unpaired) electrons. The van der Waals surface area contributed by atoms with Crippen LogP contribution in [0.25, 0.3) is 0 Å². The summed E-state index contributed by atoms with van der Waals surface area (Å²) >= 11 is -0.292. The van der Waals surface area contributed by atoms with Crippen molar-refractivity contribution in [1.82, 2.24) is 8.60 Å². The SMILES string of the molecule is O=C1[NH][AlH][NH]1. The lowest BCUT2D eigenvalue weighted by molar-refractivity contribution is 0.246. The molecule has 1 aliphatic rings. The van der Waals surface area contributed by atoms with Crippen LogP contribution in [-0.4, -0.2) is 21.7 Å². The van der Waals surface area contributed by atoms with Gasteiger partial charge in [0.05, 0.1) is 0 Å². The predicted octanol–water partition coefficient (Wildman–Crippen LogP) is -1.43. The van der Waals surface area contributed by atoms with E-state index in [0.29, 0.717) is 0 Å². The predicted molar refractivity (Wildman–Crippen MR) is 18.8 cm³/mol. The van der Waals surface area contributed by atoms with Crippen LogP contribution in [0.2, 0.25) is 0 Å². The molecule has 1 heterocycles. The summed E-state index contributed by atoms with van der Waals surface area (Å²) in [5, 5.41) is 0. The number of amides is 2. The molecule has 5 heavy (non-hydrogen) atoms. The summed E-state index contributed by atoms with van der Waals surface area (Å²) in [7, 11) is 0. The molecular weight excluding hydrogens is 83.0 g/mol. The Bertz CT molecular complexity index is 56.7. The number of carbonyl (C=O) groups excluding carboxylic acids is 1. The van der Waals surface area contributed by atoms with E-state index in [-0.39, 0.29) is 21.7 Å². The van der Waals surface area contributed by atoms with E-state index in [2.05, 4.69) is 8.60 Å². The van der Waals surface area contributed by atoms with Crippen LogP contribution < -0.4 is 8.60 Å². The molecule has 0 aromatic rings. The average molecular weight is 86.0 g/mol. The molecule has 0 aliphatic carbocycles. The van der Waals surface area contributed by atoms with Crippen molar-refractivity contribution in [3.63, 3.8) is 0 Å². The number of hydrogen-bond donors (Lipinski definition) is 2. The van der Waals surface area contributed by atoms with Gasteiger partial charge in [0.1, 0.15) is 0 Å². The summed E-state index contributed by atoms with van der Waals surface area (Å²) < 4.78 is 5.19. The fourth-order valence-corrected chi connectivity index (χ4v) is 0.482. The minimum Gasteiger partial charge on any atom is -0.415 e. The number of urea groups is 1. The van der Waals surface area contributed by atoms with E-state index >= 15 is 0 Å². The fourth-order valence-electron chi connectivity index (χ4n) is 0.161. The summed E-state index contributed by atoms with van der Waals surface area (Å²) in [6.07, 6.45) is 0. The van der Waals surface area contributed by atoms with Gasteiger partial charge in [0.2, 0.25) is 0 Å². The second kappa shape index (κ2) is 0.887. The standard InChI is InChI=1S/CH3N2O.Al.H/c2-1(3)4;;/h(H3-,2,3,4);;/q-1;+2;/p-1. The molecule has 4 heteroatoms. The second-order valence-electron chi connectivity index (χ2n) is 0.859. The molecular formula is CH3AlN2O. The monoisotopic (exact) mass is 86.0 g/mol. The summed E-state index contributed by atoms with van der Waals surface area (Å²) in [6.45, 7) is 0. The molecule has 0 bridgehead atoms. The lowest BCUT2D eigenvalue weighted by Crippen LogP contribution is -2.57. The van der Waals surface area contributed by atoms with Crippen LogP contribution in [0.5, 0.6) is 0 Å². The van der Waals surface area contributed by atoms with E-state index in [1.807, 2.05) is 0 Å². The molecule has 3 nitrogen and oxygen atoms in total. The topological polar surface area (TPSA) is 41.1 Å². The molecule has 1 rings (SSSR count). The maximum atomic E-state index is 9.71. The van der Waals surface area contributed by atoms with Crippen molar-refractivity contribution in [2.24, 2.45) is 0 Å². The number of nitrogens with one attached hydrogen (secondary N) is 2. The number of hydrogen-bond acceptors (Lipinski definition) is 1. The average Bonchev–Trinajstić information content (AvgIpc) is 1.30. The first-order chi connectivity index (χ1) is 2.39. The van der Waals surface area contributed by atoms with Gasteiger partial charge in [-0.25, -0.2) is 0 Å². The van der Waals surface area contributed by atoms with Crippen molar-refractivity contribution in [2.75, 3.05) is 0 Å². The Kier molecular flexibility index (Phi) is 0.534.